The first-order valence-electron chi connectivity index (χ1n) is 6.44. The van der Waals surface area contributed by atoms with Crippen LogP contribution in [-0.4, -0.2) is 55.9 Å². The molecule has 0 bridgehead atoms. The second-order valence-electron chi connectivity index (χ2n) is 4.93. The van der Waals surface area contributed by atoms with Crippen LogP contribution < -0.4 is 11.1 Å². The molecule has 0 aliphatic rings. The monoisotopic (exact) mass is 281 g/mol. The number of nitrogen functional groups attached to an aromatic ring is 1. The Morgan fingerprint density at radius 2 is 2.25 bits per heavy atom. The summed E-state index contributed by atoms with van der Waals surface area (Å²) in [5, 5.41) is 12.4. The van der Waals surface area contributed by atoms with Crippen LogP contribution in [0.2, 0.25) is 0 Å². The second-order valence-corrected chi connectivity index (χ2v) is 4.93. The lowest BCUT2D eigenvalue weighted by Crippen LogP contribution is -2.37. The van der Waals surface area contributed by atoms with Gasteiger partial charge < -0.3 is 20.9 Å². The van der Waals surface area contributed by atoms with Gasteiger partial charge in [-0.2, -0.15) is 0 Å². The Balaban J connectivity index is 2.49. The van der Waals surface area contributed by atoms with Crippen molar-refractivity contribution < 1.29 is 14.6 Å². The Labute approximate surface area is 119 Å². The Bertz CT molecular complexity index is 451. The summed E-state index contributed by atoms with van der Waals surface area (Å²) in [5.74, 6) is -0.147. The molecule has 0 aromatic heterocycles. The molecule has 1 unspecified atom stereocenters. The van der Waals surface area contributed by atoms with E-state index >= 15 is 0 Å². The van der Waals surface area contributed by atoms with E-state index in [-0.39, 0.29) is 19.1 Å². The SMILES string of the molecule is COCC(O)CN(C)CC(=O)Nc1cc(N)ccc1C. The van der Waals surface area contributed by atoms with Crippen molar-refractivity contribution in [3.05, 3.63) is 23.8 Å². The average molecular weight is 281 g/mol. The maximum absolute atomic E-state index is 11.9. The number of aryl methyl sites for hydroxylation is 1. The summed E-state index contributed by atoms with van der Waals surface area (Å²) in [6, 6.07) is 5.38. The van der Waals surface area contributed by atoms with Gasteiger partial charge in [-0.3, -0.25) is 9.69 Å². The van der Waals surface area contributed by atoms with Crippen molar-refractivity contribution >= 4 is 17.3 Å². The topological polar surface area (TPSA) is 87.8 Å². The molecule has 0 aliphatic carbocycles. The summed E-state index contributed by atoms with van der Waals surface area (Å²) in [6.07, 6.45) is -0.605. The third-order valence-electron chi connectivity index (χ3n) is 2.83. The Morgan fingerprint density at radius 3 is 2.90 bits per heavy atom. The van der Waals surface area contributed by atoms with E-state index < -0.39 is 6.10 Å². The van der Waals surface area contributed by atoms with E-state index in [0.717, 1.165) is 5.56 Å². The molecule has 20 heavy (non-hydrogen) atoms. The van der Waals surface area contributed by atoms with E-state index in [9.17, 15) is 9.90 Å². The number of benzene rings is 1. The molecular weight excluding hydrogens is 258 g/mol. The van der Waals surface area contributed by atoms with E-state index in [1.807, 2.05) is 13.0 Å². The zero-order chi connectivity index (χ0) is 15.1. The van der Waals surface area contributed by atoms with Gasteiger partial charge in [0.2, 0.25) is 5.91 Å². The molecule has 0 aliphatic heterocycles. The van der Waals surface area contributed by atoms with Crippen LogP contribution in [0, 0.1) is 6.92 Å². The number of hydrogen-bond acceptors (Lipinski definition) is 5. The fourth-order valence-electron chi connectivity index (χ4n) is 1.88. The number of carbonyl (C=O) groups excluding carboxylic acids is 1. The normalized spacial score (nSPS) is 12.4. The largest absolute Gasteiger partial charge is 0.399 e. The molecule has 6 nitrogen and oxygen atoms in total. The highest BCUT2D eigenvalue weighted by Gasteiger charge is 2.12. The van der Waals surface area contributed by atoms with Crippen molar-refractivity contribution in [3.8, 4) is 0 Å². The van der Waals surface area contributed by atoms with Crippen molar-refractivity contribution in [2.24, 2.45) is 0 Å². The first-order chi connectivity index (χ1) is 9.42. The van der Waals surface area contributed by atoms with E-state index in [4.69, 9.17) is 10.5 Å². The quantitative estimate of drug-likeness (QED) is 0.632. The van der Waals surface area contributed by atoms with Gasteiger partial charge in [0.05, 0.1) is 19.3 Å². The minimum atomic E-state index is -0.605. The fourth-order valence-corrected chi connectivity index (χ4v) is 1.88. The van der Waals surface area contributed by atoms with Gasteiger partial charge in [-0.25, -0.2) is 0 Å². The number of anilines is 2. The number of nitrogens with zero attached hydrogens (tertiary/aromatic N) is 1. The van der Waals surface area contributed by atoms with E-state index in [1.54, 1.807) is 24.1 Å². The lowest BCUT2D eigenvalue weighted by Gasteiger charge is -2.20. The highest BCUT2D eigenvalue weighted by atomic mass is 16.5. The van der Waals surface area contributed by atoms with Gasteiger partial charge in [0.15, 0.2) is 0 Å². The van der Waals surface area contributed by atoms with Gasteiger partial charge in [-0.15, -0.1) is 0 Å². The highest BCUT2D eigenvalue weighted by molar-refractivity contribution is 5.93. The number of likely N-dealkylation sites (N-methyl/N-ethyl adjacent to an activating group) is 1. The molecule has 0 saturated heterocycles. The molecule has 1 aromatic carbocycles. The van der Waals surface area contributed by atoms with Gasteiger partial charge in [0.1, 0.15) is 0 Å². The zero-order valence-electron chi connectivity index (χ0n) is 12.2. The lowest BCUT2D eigenvalue weighted by atomic mass is 10.2. The Morgan fingerprint density at radius 1 is 1.55 bits per heavy atom. The van der Waals surface area contributed by atoms with Crippen molar-refractivity contribution in [3.63, 3.8) is 0 Å². The van der Waals surface area contributed by atoms with Crippen molar-refractivity contribution in [2.45, 2.75) is 13.0 Å². The van der Waals surface area contributed by atoms with Crippen LogP contribution >= 0.6 is 0 Å². The van der Waals surface area contributed by atoms with Crippen molar-refractivity contribution in [2.75, 3.05) is 44.9 Å². The molecule has 112 valence electrons. The summed E-state index contributed by atoms with van der Waals surface area (Å²) >= 11 is 0. The van der Waals surface area contributed by atoms with Gasteiger partial charge in [-0.05, 0) is 31.7 Å². The van der Waals surface area contributed by atoms with Crippen LogP contribution in [0.25, 0.3) is 0 Å². The van der Waals surface area contributed by atoms with Crippen LogP contribution in [0.5, 0.6) is 0 Å². The van der Waals surface area contributed by atoms with Crippen LogP contribution in [0.1, 0.15) is 5.56 Å². The van der Waals surface area contributed by atoms with E-state index in [0.29, 0.717) is 17.9 Å². The fraction of sp³-hybridized carbons (Fsp3) is 0.500. The number of ether oxygens (including phenoxy) is 1. The first kappa shape index (κ1) is 16.4. The van der Waals surface area contributed by atoms with Crippen molar-refractivity contribution in [1.82, 2.24) is 4.90 Å². The van der Waals surface area contributed by atoms with Gasteiger partial charge >= 0.3 is 0 Å². The molecule has 1 atom stereocenters. The maximum Gasteiger partial charge on any atom is 0.238 e. The predicted octanol–water partition coefficient (Wildman–Crippen LogP) is 0.455. The molecule has 6 heteroatoms. The van der Waals surface area contributed by atoms with Crippen LogP contribution in [-0.2, 0) is 9.53 Å². The second kappa shape index (κ2) is 7.84. The number of aliphatic hydroxyl groups is 1. The molecule has 4 N–H and O–H groups in total. The summed E-state index contributed by atoms with van der Waals surface area (Å²) in [5.41, 5.74) is 7.96. The third kappa shape index (κ3) is 5.56. The van der Waals surface area contributed by atoms with Crippen molar-refractivity contribution in [1.29, 1.82) is 0 Å². The summed E-state index contributed by atoms with van der Waals surface area (Å²) in [7, 11) is 3.29. The minimum Gasteiger partial charge on any atom is -0.399 e. The number of hydrogen-bond donors (Lipinski definition) is 3. The van der Waals surface area contributed by atoms with E-state index in [2.05, 4.69) is 5.32 Å². The van der Waals surface area contributed by atoms with Gasteiger partial charge in [0.25, 0.3) is 0 Å². The minimum absolute atomic E-state index is 0.147. The molecule has 0 fully saturated rings. The van der Waals surface area contributed by atoms with Gasteiger partial charge in [-0.1, -0.05) is 6.07 Å². The molecule has 0 spiro atoms. The number of carbonyl (C=O) groups is 1. The van der Waals surface area contributed by atoms with E-state index in [1.165, 1.54) is 7.11 Å². The molecule has 1 aromatic rings. The first-order valence-corrected chi connectivity index (χ1v) is 6.44. The summed E-state index contributed by atoms with van der Waals surface area (Å²) in [6.45, 7) is 2.72. The van der Waals surface area contributed by atoms with Crippen LogP contribution in [0.4, 0.5) is 11.4 Å². The van der Waals surface area contributed by atoms with Gasteiger partial charge in [0, 0.05) is 25.0 Å². The smallest absolute Gasteiger partial charge is 0.238 e. The zero-order valence-corrected chi connectivity index (χ0v) is 12.2. The average Bonchev–Trinajstić information content (AvgIpc) is 2.33. The predicted molar refractivity (Wildman–Crippen MR) is 79.6 cm³/mol. The Hall–Kier alpha value is -1.63. The number of rotatable bonds is 7. The molecule has 0 heterocycles. The summed E-state index contributed by atoms with van der Waals surface area (Å²) < 4.78 is 4.84. The third-order valence-corrected chi connectivity index (χ3v) is 2.83. The standard InChI is InChI=1S/C14H23N3O3/c1-10-4-5-11(15)6-13(10)16-14(19)8-17(2)7-12(18)9-20-3/h4-6,12,18H,7-9,15H2,1-3H3,(H,16,19). The number of nitrogens with one attached hydrogen (secondary N) is 1. The lowest BCUT2D eigenvalue weighted by molar-refractivity contribution is -0.117. The number of methoxy groups -OCH3 is 1. The maximum atomic E-state index is 11.9. The highest BCUT2D eigenvalue weighted by Crippen LogP contribution is 2.17. The number of amides is 1. The number of nitrogens with two attached hydrogens (primary N) is 1. The molecule has 0 radical (unpaired) electrons. The molecule has 0 saturated carbocycles. The van der Waals surface area contributed by atoms with Crippen LogP contribution in [0.15, 0.2) is 18.2 Å². The molecular formula is C14H23N3O3. The van der Waals surface area contributed by atoms with Crippen LogP contribution in [0.3, 0.4) is 0 Å². The number of aliphatic hydroxyl groups excluding tert-OH is 1. The molecule has 1 amide bonds. The Kier molecular flexibility index (Phi) is 6.44. The molecule has 1 rings (SSSR count). The summed E-state index contributed by atoms with van der Waals surface area (Å²) in [4.78, 5) is 13.7.